The second kappa shape index (κ2) is 10.7. The molecule has 0 bridgehead atoms. The molecule has 26 heavy (non-hydrogen) atoms. The molecule has 148 valence electrons. The fraction of sp³-hybridized carbons (Fsp3) is 0.750. The molecule has 1 rings (SSSR count). The molecule has 10 nitrogen and oxygen atoms in total. The van der Waals surface area contributed by atoms with Gasteiger partial charge in [-0.15, -0.1) is 0 Å². The second-order valence-electron chi connectivity index (χ2n) is 5.71. The molecule has 0 radical (unpaired) electrons. The van der Waals surface area contributed by atoms with Crippen LogP contribution in [0.2, 0.25) is 0 Å². The highest BCUT2D eigenvalue weighted by molar-refractivity contribution is 5.83. The first-order valence-corrected chi connectivity index (χ1v) is 8.15. The van der Waals surface area contributed by atoms with Gasteiger partial charge in [-0.1, -0.05) is 0 Å². The van der Waals surface area contributed by atoms with Crippen LogP contribution in [0.25, 0.3) is 0 Å². The van der Waals surface area contributed by atoms with Crippen molar-refractivity contribution in [3.63, 3.8) is 0 Å². The molecule has 0 aromatic rings. The number of nitrogens with zero attached hydrogens (tertiary/aromatic N) is 2. The maximum atomic E-state index is 12.0. The van der Waals surface area contributed by atoms with Gasteiger partial charge in [0, 0.05) is 26.2 Å². The number of esters is 4. The van der Waals surface area contributed by atoms with E-state index in [0.29, 0.717) is 26.2 Å². The Hall–Kier alpha value is -2.20. The van der Waals surface area contributed by atoms with E-state index >= 15 is 0 Å². The van der Waals surface area contributed by atoms with Crippen molar-refractivity contribution in [3.8, 4) is 0 Å². The first kappa shape index (κ1) is 21.8. The van der Waals surface area contributed by atoms with Gasteiger partial charge in [0.25, 0.3) is 0 Å². The molecule has 0 aromatic heterocycles. The number of carbonyl (C=O) groups excluding carboxylic acids is 4. The zero-order valence-corrected chi connectivity index (χ0v) is 15.6. The number of carbonyl (C=O) groups is 4. The summed E-state index contributed by atoms with van der Waals surface area (Å²) in [6, 6.07) is -1.52. The fourth-order valence-electron chi connectivity index (χ4n) is 2.84. The minimum absolute atomic E-state index is 0.119. The van der Waals surface area contributed by atoms with Crippen LogP contribution in [-0.2, 0) is 38.1 Å². The molecule has 0 aliphatic carbocycles. The van der Waals surface area contributed by atoms with Crippen LogP contribution in [0.1, 0.15) is 12.8 Å². The predicted octanol–water partition coefficient (Wildman–Crippen LogP) is -1.19. The van der Waals surface area contributed by atoms with E-state index in [1.807, 2.05) is 0 Å². The van der Waals surface area contributed by atoms with Crippen LogP contribution in [0, 0.1) is 0 Å². The zero-order valence-electron chi connectivity index (χ0n) is 15.6. The number of rotatable bonds is 8. The van der Waals surface area contributed by atoms with Gasteiger partial charge >= 0.3 is 23.9 Å². The molecule has 0 aromatic carbocycles. The Labute approximate surface area is 152 Å². The molecule has 1 fully saturated rings. The molecule has 0 N–H and O–H groups in total. The van der Waals surface area contributed by atoms with E-state index in [-0.39, 0.29) is 12.8 Å². The van der Waals surface area contributed by atoms with E-state index < -0.39 is 36.0 Å². The Kier molecular flexibility index (Phi) is 9.00. The number of piperazine rings is 1. The standard InChI is InChI=1S/C16H26N2O8/c1-23-13(19)9-11(15(21)25-3)17-5-7-18(8-6-17)12(16(22)26-4)10-14(20)24-2/h11-12H,5-10H2,1-4H3/t11-,12-/m0/s1. The van der Waals surface area contributed by atoms with Crippen molar-refractivity contribution in [2.75, 3.05) is 54.6 Å². The minimum Gasteiger partial charge on any atom is -0.469 e. The molecule has 0 amide bonds. The summed E-state index contributed by atoms with van der Waals surface area (Å²) in [5.74, 6) is -2.08. The SMILES string of the molecule is COC(=O)C[C@@H](C(=O)OC)N1CCN([C@@H](CC(=O)OC)C(=O)OC)CC1. The van der Waals surface area contributed by atoms with Crippen molar-refractivity contribution in [2.24, 2.45) is 0 Å². The summed E-state index contributed by atoms with van der Waals surface area (Å²) in [5, 5.41) is 0. The van der Waals surface area contributed by atoms with Crippen molar-refractivity contribution in [1.29, 1.82) is 0 Å². The highest BCUT2D eigenvalue weighted by atomic mass is 16.5. The molecule has 0 spiro atoms. The van der Waals surface area contributed by atoms with Crippen LogP contribution < -0.4 is 0 Å². The topological polar surface area (TPSA) is 112 Å². The summed E-state index contributed by atoms with van der Waals surface area (Å²) in [4.78, 5) is 50.7. The smallest absolute Gasteiger partial charge is 0.323 e. The van der Waals surface area contributed by atoms with Gasteiger partial charge in [0.2, 0.25) is 0 Å². The van der Waals surface area contributed by atoms with Gasteiger partial charge in [-0.3, -0.25) is 29.0 Å². The van der Waals surface area contributed by atoms with Crippen molar-refractivity contribution in [2.45, 2.75) is 24.9 Å². The molecular formula is C16H26N2O8. The average molecular weight is 374 g/mol. The Morgan fingerprint density at radius 2 is 0.962 bits per heavy atom. The van der Waals surface area contributed by atoms with Crippen molar-refractivity contribution in [3.05, 3.63) is 0 Å². The molecule has 0 unspecified atom stereocenters. The maximum absolute atomic E-state index is 12.0. The van der Waals surface area contributed by atoms with Crippen LogP contribution in [0.4, 0.5) is 0 Å². The van der Waals surface area contributed by atoms with Gasteiger partial charge in [-0.2, -0.15) is 0 Å². The summed E-state index contributed by atoms with van der Waals surface area (Å²) in [7, 11) is 5.02. The van der Waals surface area contributed by atoms with Crippen molar-refractivity contribution in [1.82, 2.24) is 9.80 Å². The van der Waals surface area contributed by atoms with Gasteiger partial charge < -0.3 is 18.9 Å². The molecule has 1 saturated heterocycles. The highest BCUT2D eigenvalue weighted by Gasteiger charge is 2.36. The third-order valence-electron chi connectivity index (χ3n) is 4.35. The summed E-state index contributed by atoms with van der Waals surface area (Å²) in [6.45, 7) is 1.63. The lowest BCUT2D eigenvalue weighted by atomic mass is 10.1. The third kappa shape index (κ3) is 5.95. The molecular weight excluding hydrogens is 348 g/mol. The number of methoxy groups -OCH3 is 4. The van der Waals surface area contributed by atoms with E-state index in [9.17, 15) is 19.2 Å². The second-order valence-corrected chi connectivity index (χ2v) is 5.71. The molecule has 1 heterocycles. The Morgan fingerprint density at radius 3 is 1.19 bits per heavy atom. The molecule has 1 aliphatic heterocycles. The highest BCUT2D eigenvalue weighted by Crippen LogP contribution is 2.16. The summed E-state index contributed by atoms with van der Waals surface area (Å²) in [5.41, 5.74) is 0. The lowest BCUT2D eigenvalue weighted by molar-refractivity contribution is -0.157. The molecule has 2 atom stereocenters. The van der Waals surface area contributed by atoms with E-state index in [1.165, 1.54) is 28.4 Å². The van der Waals surface area contributed by atoms with E-state index in [4.69, 9.17) is 9.47 Å². The summed E-state index contributed by atoms with van der Waals surface area (Å²) < 4.78 is 18.8. The quantitative estimate of drug-likeness (QED) is 0.380. The lowest BCUT2D eigenvalue weighted by Gasteiger charge is -2.40. The summed E-state index contributed by atoms with van der Waals surface area (Å²) in [6.07, 6.45) is -0.239. The Balaban J connectivity index is 2.77. The zero-order chi connectivity index (χ0) is 19.7. The van der Waals surface area contributed by atoms with E-state index in [1.54, 1.807) is 9.80 Å². The largest absolute Gasteiger partial charge is 0.469 e. The lowest BCUT2D eigenvalue weighted by Crippen LogP contribution is -2.57. The molecule has 1 aliphatic rings. The van der Waals surface area contributed by atoms with E-state index in [2.05, 4.69) is 9.47 Å². The third-order valence-corrected chi connectivity index (χ3v) is 4.35. The van der Waals surface area contributed by atoms with Gasteiger partial charge in [-0.05, 0) is 0 Å². The normalized spacial score (nSPS) is 17.7. The van der Waals surface area contributed by atoms with E-state index in [0.717, 1.165) is 0 Å². The van der Waals surface area contributed by atoms with Crippen LogP contribution in [-0.4, -0.2) is 100 Å². The van der Waals surface area contributed by atoms with Crippen LogP contribution in [0.5, 0.6) is 0 Å². The van der Waals surface area contributed by atoms with Crippen LogP contribution >= 0.6 is 0 Å². The first-order chi connectivity index (χ1) is 12.4. The summed E-state index contributed by atoms with van der Waals surface area (Å²) >= 11 is 0. The number of hydrogen-bond acceptors (Lipinski definition) is 10. The van der Waals surface area contributed by atoms with Crippen LogP contribution in [0.15, 0.2) is 0 Å². The van der Waals surface area contributed by atoms with Gasteiger partial charge in [0.1, 0.15) is 12.1 Å². The monoisotopic (exact) mass is 374 g/mol. The van der Waals surface area contributed by atoms with Gasteiger partial charge in [0.05, 0.1) is 41.3 Å². The molecule has 10 heteroatoms. The van der Waals surface area contributed by atoms with Gasteiger partial charge in [0.15, 0.2) is 0 Å². The first-order valence-electron chi connectivity index (χ1n) is 8.15. The number of ether oxygens (including phenoxy) is 4. The van der Waals surface area contributed by atoms with Crippen LogP contribution in [0.3, 0.4) is 0 Å². The fourth-order valence-corrected chi connectivity index (χ4v) is 2.84. The van der Waals surface area contributed by atoms with Crippen molar-refractivity contribution >= 4 is 23.9 Å². The Morgan fingerprint density at radius 1 is 0.654 bits per heavy atom. The molecule has 0 saturated carbocycles. The predicted molar refractivity (Wildman–Crippen MR) is 88.0 cm³/mol. The maximum Gasteiger partial charge on any atom is 0.323 e. The Bertz CT molecular complexity index is 470. The van der Waals surface area contributed by atoms with Crippen molar-refractivity contribution < 1.29 is 38.1 Å². The average Bonchev–Trinajstić information content (AvgIpc) is 2.68. The number of hydrogen-bond donors (Lipinski definition) is 0. The van der Waals surface area contributed by atoms with Gasteiger partial charge in [-0.25, -0.2) is 0 Å². The minimum atomic E-state index is -0.758.